The average Bonchev–Trinajstić information content (AvgIpc) is 2.27. The van der Waals surface area contributed by atoms with Gasteiger partial charge in [0, 0.05) is 6.54 Å². The third kappa shape index (κ3) is 2.58. The SMILES string of the molecule is Cc1cccc(OC2CNCCC2(C)O)c1F. The topological polar surface area (TPSA) is 41.5 Å². The molecule has 0 amide bonds. The minimum Gasteiger partial charge on any atom is -0.483 e. The van der Waals surface area contributed by atoms with Crippen molar-refractivity contribution in [1.82, 2.24) is 5.32 Å². The van der Waals surface area contributed by atoms with Crippen LogP contribution < -0.4 is 10.1 Å². The highest BCUT2D eigenvalue weighted by Gasteiger charge is 2.36. The average molecular weight is 239 g/mol. The Morgan fingerprint density at radius 1 is 1.53 bits per heavy atom. The molecule has 17 heavy (non-hydrogen) atoms. The molecule has 1 aliphatic rings. The van der Waals surface area contributed by atoms with Gasteiger partial charge in [0.05, 0.1) is 0 Å². The van der Waals surface area contributed by atoms with E-state index < -0.39 is 11.7 Å². The van der Waals surface area contributed by atoms with Crippen LogP contribution in [0.2, 0.25) is 0 Å². The number of piperidine rings is 1. The van der Waals surface area contributed by atoms with Crippen molar-refractivity contribution in [3.63, 3.8) is 0 Å². The number of aliphatic hydroxyl groups is 1. The minimum atomic E-state index is -0.915. The van der Waals surface area contributed by atoms with Crippen LogP contribution in [0, 0.1) is 12.7 Å². The van der Waals surface area contributed by atoms with E-state index in [1.165, 1.54) is 0 Å². The molecule has 1 aromatic carbocycles. The molecular weight excluding hydrogens is 221 g/mol. The van der Waals surface area contributed by atoms with Crippen LogP contribution in [0.4, 0.5) is 4.39 Å². The van der Waals surface area contributed by atoms with Gasteiger partial charge in [0.2, 0.25) is 0 Å². The summed E-state index contributed by atoms with van der Waals surface area (Å²) in [6, 6.07) is 5.03. The lowest BCUT2D eigenvalue weighted by Crippen LogP contribution is -2.55. The number of aryl methyl sites for hydroxylation is 1. The monoisotopic (exact) mass is 239 g/mol. The molecule has 4 heteroatoms. The Hall–Kier alpha value is -1.13. The quantitative estimate of drug-likeness (QED) is 0.824. The summed E-state index contributed by atoms with van der Waals surface area (Å²) in [5.41, 5.74) is -0.368. The second kappa shape index (κ2) is 4.63. The molecule has 2 unspecified atom stereocenters. The summed E-state index contributed by atoms with van der Waals surface area (Å²) in [6.07, 6.45) is 0.179. The molecule has 0 bridgehead atoms. The molecule has 0 radical (unpaired) electrons. The molecule has 1 aliphatic heterocycles. The Labute approximate surface area is 101 Å². The van der Waals surface area contributed by atoms with Crippen LogP contribution in [0.15, 0.2) is 18.2 Å². The summed E-state index contributed by atoms with van der Waals surface area (Å²) in [5.74, 6) is -0.146. The lowest BCUT2D eigenvalue weighted by molar-refractivity contribution is -0.0669. The van der Waals surface area contributed by atoms with Crippen LogP contribution in [0.25, 0.3) is 0 Å². The normalized spacial score (nSPS) is 29.1. The van der Waals surface area contributed by atoms with Gasteiger partial charge in [-0.25, -0.2) is 4.39 Å². The highest BCUT2D eigenvalue weighted by Crippen LogP contribution is 2.26. The largest absolute Gasteiger partial charge is 0.483 e. The van der Waals surface area contributed by atoms with E-state index in [1.807, 2.05) is 0 Å². The zero-order valence-corrected chi connectivity index (χ0v) is 10.2. The van der Waals surface area contributed by atoms with Gasteiger partial charge in [-0.05, 0) is 38.4 Å². The van der Waals surface area contributed by atoms with Crippen LogP contribution in [-0.2, 0) is 0 Å². The van der Waals surface area contributed by atoms with Crippen molar-refractivity contribution in [1.29, 1.82) is 0 Å². The van der Waals surface area contributed by atoms with E-state index in [0.29, 0.717) is 18.5 Å². The zero-order valence-electron chi connectivity index (χ0n) is 10.2. The number of hydrogen-bond acceptors (Lipinski definition) is 3. The van der Waals surface area contributed by atoms with Gasteiger partial charge in [-0.2, -0.15) is 0 Å². The lowest BCUT2D eigenvalue weighted by Gasteiger charge is -2.37. The van der Waals surface area contributed by atoms with Gasteiger partial charge in [0.1, 0.15) is 11.7 Å². The zero-order chi connectivity index (χ0) is 12.5. The highest BCUT2D eigenvalue weighted by molar-refractivity contribution is 5.30. The summed E-state index contributed by atoms with van der Waals surface area (Å²) in [6.45, 7) is 4.70. The van der Waals surface area contributed by atoms with Gasteiger partial charge in [0.15, 0.2) is 11.6 Å². The Morgan fingerprint density at radius 2 is 2.29 bits per heavy atom. The number of benzene rings is 1. The Morgan fingerprint density at radius 3 is 3.00 bits per heavy atom. The Balaban J connectivity index is 2.17. The molecule has 0 saturated carbocycles. The Bertz CT molecular complexity index is 406. The molecule has 1 saturated heterocycles. The molecule has 2 N–H and O–H groups in total. The summed E-state index contributed by atoms with van der Waals surface area (Å²) < 4.78 is 19.4. The molecule has 3 nitrogen and oxygen atoms in total. The van der Waals surface area contributed by atoms with E-state index in [4.69, 9.17) is 4.74 Å². The van der Waals surface area contributed by atoms with Gasteiger partial charge in [-0.1, -0.05) is 12.1 Å². The van der Waals surface area contributed by atoms with Crippen molar-refractivity contribution in [2.45, 2.75) is 32.0 Å². The van der Waals surface area contributed by atoms with Crippen molar-refractivity contribution in [3.8, 4) is 5.75 Å². The number of ether oxygens (including phenoxy) is 1. The van der Waals surface area contributed by atoms with E-state index in [1.54, 1.807) is 32.0 Å². The minimum absolute atomic E-state index is 0.207. The lowest BCUT2D eigenvalue weighted by atomic mass is 9.92. The van der Waals surface area contributed by atoms with Crippen LogP contribution in [0.3, 0.4) is 0 Å². The molecule has 0 aromatic heterocycles. The van der Waals surface area contributed by atoms with Crippen LogP contribution in [0.5, 0.6) is 5.75 Å². The summed E-state index contributed by atoms with van der Waals surface area (Å²) in [4.78, 5) is 0. The third-order valence-electron chi connectivity index (χ3n) is 3.26. The maximum absolute atomic E-state index is 13.8. The number of halogens is 1. The first-order valence-corrected chi connectivity index (χ1v) is 5.85. The van der Waals surface area contributed by atoms with Crippen LogP contribution in [-0.4, -0.2) is 29.9 Å². The number of rotatable bonds is 2. The summed E-state index contributed by atoms with van der Waals surface area (Å²) in [7, 11) is 0. The maximum atomic E-state index is 13.8. The molecule has 94 valence electrons. The van der Waals surface area contributed by atoms with Crippen molar-refractivity contribution < 1.29 is 14.2 Å². The van der Waals surface area contributed by atoms with Gasteiger partial charge in [-0.15, -0.1) is 0 Å². The number of nitrogens with one attached hydrogen (secondary N) is 1. The molecule has 2 rings (SSSR count). The van der Waals surface area contributed by atoms with E-state index in [2.05, 4.69) is 5.32 Å². The van der Waals surface area contributed by atoms with E-state index in [9.17, 15) is 9.50 Å². The van der Waals surface area contributed by atoms with Gasteiger partial charge < -0.3 is 15.2 Å². The molecule has 0 aliphatic carbocycles. The fourth-order valence-corrected chi connectivity index (χ4v) is 1.99. The van der Waals surface area contributed by atoms with E-state index >= 15 is 0 Å². The van der Waals surface area contributed by atoms with Gasteiger partial charge in [0.25, 0.3) is 0 Å². The molecule has 1 heterocycles. The maximum Gasteiger partial charge on any atom is 0.167 e. The smallest absolute Gasteiger partial charge is 0.167 e. The highest BCUT2D eigenvalue weighted by atomic mass is 19.1. The van der Waals surface area contributed by atoms with E-state index in [-0.39, 0.29) is 11.6 Å². The molecule has 2 atom stereocenters. The Kier molecular flexibility index (Phi) is 3.35. The summed E-state index contributed by atoms with van der Waals surface area (Å²) in [5, 5.41) is 13.3. The first-order chi connectivity index (χ1) is 8.00. The van der Waals surface area contributed by atoms with Crippen molar-refractivity contribution in [2.75, 3.05) is 13.1 Å². The molecule has 0 spiro atoms. The molecule has 1 aromatic rings. The van der Waals surface area contributed by atoms with Gasteiger partial charge in [-0.3, -0.25) is 0 Å². The second-order valence-corrected chi connectivity index (χ2v) is 4.80. The van der Waals surface area contributed by atoms with Crippen molar-refractivity contribution in [3.05, 3.63) is 29.6 Å². The predicted molar refractivity (Wildman–Crippen MR) is 63.7 cm³/mol. The molecule has 1 fully saturated rings. The van der Waals surface area contributed by atoms with E-state index in [0.717, 1.165) is 6.54 Å². The fourth-order valence-electron chi connectivity index (χ4n) is 1.99. The van der Waals surface area contributed by atoms with Crippen LogP contribution in [0.1, 0.15) is 18.9 Å². The fraction of sp³-hybridized carbons (Fsp3) is 0.538. The second-order valence-electron chi connectivity index (χ2n) is 4.80. The van der Waals surface area contributed by atoms with Gasteiger partial charge >= 0.3 is 0 Å². The predicted octanol–water partition coefficient (Wildman–Crippen LogP) is 1.63. The molecular formula is C13H18FNO2. The standard InChI is InChI=1S/C13H18FNO2/c1-9-4-3-5-10(12(9)14)17-11-8-15-7-6-13(11,2)16/h3-5,11,15-16H,6-8H2,1-2H3. The summed E-state index contributed by atoms with van der Waals surface area (Å²) >= 11 is 0. The first-order valence-electron chi connectivity index (χ1n) is 5.85. The number of hydrogen-bond donors (Lipinski definition) is 2. The third-order valence-corrected chi connectivity index (χ3v) is 3.26. The van der Waals surface area contributed by atoms with Crippen LogP contribution >= 0.6 is 0 Å². The first kappa shape index (κ1) is 12.3. The van der Waals surface area contributed by atoms with Crippen molar-refractivity contribution in [2.24, 2.45) is 0 Å². The van der Waals surface area contributed by atoms with Crippen molar-refractivity contribution >= 4 is 0 Å².